The molecule has 1 aliphatic rings. The first-order valence-corrected chi connectivity index (χ1v) is 7.94. The third kappa shape index (κ3) is 4.32. The van der Waals surface area contributed by atoms with Crippen molar-refractivity contribution in [3.63, 3.8) is 0 Å². The second-order valence-electron chi connectivity index (χ2n) is 5.66. The van der Waals surface area contributed by atoms with Crippen molar-refractivity contribution in [1.29, 1.82) is 0 Å². The van der Waals surface area contributed by atoms with E-state index in [9.17, 15) is 9.90 Å². The first-order valence-electron chi connectivity index (χ1n) is 7.94. The zero-order chi connectivity index (χ0) is 15.2. The van der Waals surface area contributed by atoms with E-state index in [4.69, 9.17) is 4.42 Å². The Morgan fingerprint density at radius 3 is 2.71 bits per heavy atom. The largest absolute Gasteiger partial charge is 0.455 e. The van der Waals surface area contributed by atoms with Crippen LogP contribution in [0.2, 0.25) is 0 Å². The first kappa shape index (κ1) is 16.0. The van der Waals surface area contributed by atoms with Crippen LogP contribution in [0.4, 0.5) is 0 Å². The summed E-state index contributed by atoms with van der Waals surface area (Å²) < 4.78 is 5.62. The summed E-state index contributed by atoms with van der Waals surface area (Å²) in [6, 6.07) is 3.41. The Kier molecular flexibility index (Phi) is 5.82. The van der Waals surface area contributed by atoms with Gasteiger partial charge in [0.1, 0.15) is 5.76 Å². The van der Waals surface area contributed by atoms with Gasteiger partial charge in [0, 0.05) is 0 Å². The van der Waals surface area contributed by atoms with Crippen LogP contribution in [0.15, 0.2) is 16.5 Å². The van der Waals surface area contributed by atoms with E-state index < -0.39 is 6.10 Å². The monoisotopic (exact) mass is 294 g/mol. The molecule has 0 radical (unpaired) electrons. The van der Waals surface area contributed by atoms with E-state index in [0.29, 0.717) is 12.3 Å². The summed E-state index contributed by atoms with van der Waals surface area (Å²) in [5.74, 6) is 0.898. The van der Waals surface area contributed by atoms with Gasteiger partial charge in [0.15, 0.2) is 5.76 Å². The van der Waals surface area contributed by atoms with Crippen LogP contribution in [0.25, 0.3) is 0 Å². The summed E-state index contributed by atoms with van der Waals surface area (Å²) in [6.07, 6.45) is 3.24. The maximum Gasteiger partial charge on any atom is 0.287 e. The average molecular weight is 294 g/mol. The molecule has 1 aliphatic carbocycles. The number of amides is 1. The molecule has 0 spiro atoms. The highest BCUT2D eigenvalue weighted by molar-refractivity contribution is 5.91. The zero-order valence-corrected chi connectivity index (χ0v) is 13.0. The Morgan fingerprint density at radius 1 is 1.33 bits per heavy atom. The van der Waals surface area contributed by atoms with Gasteiger partial charge in [-0.2, -0.15) is 0 Å². The molecule has 1 aromatic heterocycles. The molecule has 21 heavy (non-hydrogen) atoms. The highest BCUT2D eigenvalue weighted by Gasteiger charge is 2.25. The number of carbonyl (C=O) groups is 1. The number of furan rings is 1. The van der Waals surface area contributed by atoms with Gasteiger partial charge in [-0.1, -0.05) is 26.7 Å². The minimum Gasteiger partial charge on any atom is -0.455 e. The molecule has 118 valence electrons. The highest BCUT2D eigenvalue weighted by atomic mass is 16.4. The smallest absolute Gasteiger partial charge is 0.287 e. The summed E-state index contributed by atoms with van der Waals surface area (Å²) in [5.41, 5.74) is 0. The number of rotatable bonds is 6. The predicted molar refractivity (Wildman–Crippen MR) is 81.1 cm³/mol. The Labute approximate surface area is 126 Å². The lowest BCUT2D eigenvalue weighted by Gasteiger charge is -2.27. The Balaban J connectivity index is 1.92. The third-order valence-electron chi connectivity index (χ3n) is 4.21. The molecule has 0 bridgehead atoms. The third-order valence-corrected chi connectivity index (χ3v) is 4.21. The number of aliphatic hydroxyl groups is 1. The Morgan fingerprint density at radius 2 is 2.05 bits per heavy atom. The van der Waals surface area contributed by atoms with Gasteiger partial charge >= 0.3 is 0 Å². The molecule has 0 unspecified atom stereocenters. The molecular weight excluding hydrogens is 268 g/mol. The number of aliphatic hydroxyl groups excluding tert-OH is 1. The van der Waals surface area contributed by atoms with E-state index in [2.05, 4.69) is 24.1 Å². The quantitative estimate of drug-likeness (QED) is 0.844. The lowest BCUT2D eigenvalue weighted by Crippen LogP contribution is -2.44. The number of nitrogens with one attached hydrogen (secondary N) is 1. The molecule has 1 heterocycles. The van der Waals surface area contributed by atoms with Crippen molar-refractivity contribution < 1.29 is 14.3 Å². The number of hydrogen-bond donors (Lipinski definition) is 2. The molecule has 5 nitrogen and oxygen atoms in total. The van der Waals surface area contributed by atoms with Crippen LogP contribution in [0, 0.1) is 0 Å². The molecule has 2 N–H and O–H groups in total. The van der Waals surface area contributed by atoms with E-state index in [0.717, 1.165) is 44.5 Å². The number of carbonyl (C=O) groups excluding carboxylic acids is 1. The zero-order valence-electron chi connectivity index (χ0n) is 13.0. The van der Waals surface area contributed by atoms with Crippen molar-refractivity contribution in [2.45, 2.75) is 58.2 Å². The second-order valence-corrected chi connectivity index (χ2v) is 5.66. The molecule has 2 atom stereocenters. The predicted octanol–water partition coefficient (Wildman–Crippen LogP) is 2.15. The van der Waals surface area contributed by atoms with E-state index in [1.54, 1.807) is 6.07 Å². The van der Waals surface area contributed by atoms with Crippen molar-refractivity contribution in [2.24, 2.45) is 0 Å². The summed E-state index contributed by atoms with van der Waals surface area (Å²) in [4.78, 5) is 14.4. The van der Waals surface area contributed by atoms with Gasteiger partial charge in [-0.25, -0.2) is 0 Å². The summed E-state index contributed by atoms with van der Waals surface area (Å²) in [5, 5.41) is 12.8. The molecule has 2 rings (SSSR count). The Hall–Kier alpha value is -1.33. The standard InChI is InChI=1S/C16H26N2O3/c1-3-18(4-2)11-12-9-10-15(21-12)16(20)17-13-7-5-6-8-14(13)19/h9-10,13-14,19H,3-8,11H2,1-2H3,(H,17,20)/t13-,14-/m1/s1. The van der Waals surface area contributed by atoms with E-state index in [-0.39, 0.29) is 11.9 Å². The molecular formula is C16H26N2O3. The fraction of sp³-hybridized carbons (Fsp3) is 0.688. The van der Waals surface area contributed by atoms with Crippen LogP contribution in [0.1, 0.15) is 55.8 Å². The van der Waals surface area contributed by atoms with Crippen molar-refractivity contribution in [2.75, 3.05) is 13.1 Å². The normalized spacial score (nSPS) is 22.5. The SMILES string of the molecule is CCN(CC)Cc1ccc(C(=O)N[C@@H]2CCCC[C@H]2O)o1. The van der Waals surface area contributed by atoms with Gasteiger partial charge in [-0.05, 0) is 38.1 Å². The molecule has 1 amide bonds. The van der Waals surface area contributed by atoms with Crippen LogP contribution < -0.4 is 5.32 Å². The lowest BCUT2D eigenvalue weighted by molar-refractivity contribution is 0.0696. The fourth-order valence-electron chi connectivity index (χ4n) is 2.77. The van der Waals surface area contributed by atoms with Gasteiger partial charge in [0.2, 0.25) is 0 Å². The van der Waals surface area contributed by atoms with E-state index in [1.165, 1.54) is 0 Å². The van der Waals surface area contributed by atoms with Crippen LogP contribution in [0.3, 0.4) is 0 Å². The van der Waals surface area contributed by atoms with Crippen LogP contribution in [-0.4, -0.2) is 41.1 Å². The molecule has 1 fully saturated rings. The molecule has 0 aliphatic heterocycles. The average Bonchev–Trinajstić information content (AvgIpc) is 2.96. The molecule has 0 saturated heterocycles. The van der Waals surface area contributed by atoms with Gasteiger partial charge in [0.25, 0.3) is 5.91 Å². The van der Waals surface area contributed by atoms with Crippen molar-refractivity contribution in [1.82, 2.24) is 10.2 Å². The topological polar surface area (TPSA) is 65.7 Å². The minimum atomic E-state index is -0.437. The number of nitrogens with zero attached hydrogens (tertiary/aromatic N) is 1. The maximum absolute atomic E-state index is 12.2. The second kappa shape index (κ2) is 7.61. The molecule has 5 heteroatoms. The minimum absolute atomic E-state index is 0.150. The van der Waals surface area contributed by atoms with E-state index in [1.807, 2.05) is 6.07 Å². The van der Waals surface area contributed by atoms with Crippen LogP contribution in [-0.2, 0) is 6.54 Å². The Bertz CT molecular complexity index is 454. The van der Waals surface area contributed by atoms with Crippen molar-refractivity contribution in [3.8, 4) is 0 Å². The van der Waals surface area contributed by atoms with Gasteiger partial charge in [-0.15, -0.1) is 0 Å². The van der Waals surface area contributed by atoms with Crippen molar-refractivity contribution >= 4 is 5.91 Å². The van der Waals surface area contributed by atoms with Gasteiger partial charge in [0.05, 0.1) is 18.7 Å². The van der Waals surface area contributed by atoms with Crippen LogP contribution in [0.5, 0.6) is 0 Å². The molecule has 1 saturated carbocycles. The van der Waals surface area contributed by atoms with E-state index >= 15 is 0 Å². The first-order chi connectivity index (χ1) is 10.1. The summed E-state index contributed by atoms with van der Waals surface area (Å²) in [7, 11) is 0. The van der Waals surface area contributed by atoms with Gasteiger partial charge in [-0.3, -0.25) is 9.69 Å². The van der Waals surface area contributed by atoms with Crippen molar-refractivity contribution in [3.05, 3.63) is 23.7 Å². The fourth-order valence-corrected chi connectivity index (χ4v) is 2.77. The molecule has 0 aromatic carbocycles. The molecule has 1 aromatic rings. The van der Waals surface area contributed by atoms with Gasteiger partial charge < -0.3 is 14.8 Å². The highest BCUT2D eigenvalue weighted by Crippen LogP contribution is 2.19. The summed E-state index contributed by atoms with van der Waals surface area (Å²) in [6.45, 7) is 6.82. The summed E-state index contributed by atoms with van der Waals surface area (Å²) >= 11 is 0. The maximum atomic E-state index is 12.2. The lowest BCUT2D eigenvalue weighted by atomic mass is 9.92. The van der Waals surface area contributed by atoms with Crippen LogP contribution >= 0.6 is 0 Å². The number of hydrogen-bond acceptors (Lipinski definition) is 4.